The van der Waals surface area contributed by atoms with E-state index in [-0.39, 0.29) is 0 Å². The lowest BCUT2D eigenvalue weighted by atomic mass is 9.67. The van der Waals surface area contributed by atoms with E-state index in [1.165, 1.54) is 12.5 Å². The maximum absolute atomic E-state index is 12.1. The average Bonchev–Trinajstić information content (AvgIpc) is 3.07. The molecule has 0 aliphatic carbocycles. The summed E-state index contributed by atoms with van der Waals surface area (Å²) in [4.78, 5) is 35.8. The zero-order chi connectivity index (χ0) is 19.9. The van der Waals surface area contributed by atoms with Crippen molar-refractivity contribution in [2.75, 3.05) is 0 Å². The largest absolute Gasteiger partial charge is 0.453 e. The lowest BCUT2D eigenvalue weighted by Gasteiger charge is -2.53. The van der Waals surface area contributed by atoms with Gasteiger partial charge in [0.2, 0.25) is 0 Å². The SMILES string of the molecule is CC(=O)C(O)[C@H]1O[C@H](OC2NC=CO2)[C@H](O)[C@](O)(C(C)=O)[C@@]1(O)C(C)=O. The van der Waals surface area contributed by atoms with Crippen molar-refractivity contribution in [2.45, 2.75) is 63.0 Å². The molecule has 0 aromatic carbocycles. The number of ether oxygens (including phenoxy) is 3. The number of hydrogen-bond acceptors (Lipinski definition) is 11. The van der Waals surface area contributed by atoms with Crippen LogP contribution in [0.5, 0.6) is 0 Å². The number of aliphatic hydroxyl groups excluding tert-OH is 2. The van der Waals surface area contributed by atoms with E-state index in [1.54, 1.807) is 0 Å². The van der Waals surface area contributed by atoms with Crippen LogP contribution in [0.3, 0.4) is 0 Å². The molecule has 0 aromatic rings. The molecule has 2 unspecified atom stereocenters. The lowest BCUT2D eigenvalue weighted by Crippen LogP contribution is -2.81. The molecule has 1 fully saturated rings. The van der Waals surface area contributed by atoms with Crippen molar-refractivity contribution in [1.82, 2.24) is 5.32 Å². The summed E-state index contributed by atoms with van der Waals surface area (Å²) in [6, 6.07) is 0. The summed E-state index contributed by atoms with van der Waals surface area (Å²) >= 11 is 0. The van der Waals surface area contributed by atoms with Crippen LogP contribution in [0.1, 0.15) is 20.8 Å². The first kappa shape index (κ1) is 20.4. The number of hydrogen-bond donors (Lipinski definition) is 5. The van der Waals surface area contributed by atoms with E-state index in [2.05, 4.69) is 5.32 Å². The Morgan fingerprint density at radius 3 is 2.15 bits per heavy atom. The maximum Gasteiger partial charge on any atom is 0.282 e. The Morgan fingerprint density at radius 2 is 1.73 bits per heavy atom. The van der Waals surface area contributed by atoms with Crippen molar-refractivity contribution in [1.29, 1.82) is 0 Å². The van der Waals surface area contributed by atoms with Crippen molar-refractivity contribution in [3.8, 4) is 0 Å². The number of rotatable bonds is 6. The standard InChI is InChI=1S/C15H21NO10/c1-6(17)9(20)11-15(23,8(3)19)14(22,7(2)18)10(21)12(25-11)26-13-16-4-5-24-13/h4-5,9-13,16,20-23H,1-3H3/t9?,10-,11+,12+,13?,14+,15+/m0/s1. The minimum Gasteiger partial charge on any atom is -0.453 e. The van der Waals surface area contributed by atoms with Crippen LogP contribution in [-0.4, -0.2) is 80.0 Å². The molecule has 11 heteroatoms. The van der Waals surface area contributed by atoms with Gasteiger partial charge in [0.25, 0.3) is 6.41 Å². The first-order valence-electron chi connectivity index (χ1n) is 7.68. The first-order chi connectivity index (χ1) is 12.0. The third-order valence-electron chi connectivity index (χ3n) is 4.50. The summed E-state index contributed by atoms with van der Waals surface area (Å²) in [6.07, 6.45) is -6.87. The Hall–Kier alpha value is -1.89. The molecule has 0 saturated carbocycles. The van der Waals surface area contributed by atoms with E-state index >= 15 is 0 Å². The van der Waals surface area contributed by atoms with Gasteiger partial charge < -0.3 is 35.2 Å². The van der Waals surface area contributed by atoms with E-state index in [1.807, 2.05) is 0 Å². The molecular weight excluding hydrogens is 354 g/mol. The molecule has 2 aliphatic heterocycles. The van der Waals surface area contributed by atoms with E-state index < -0.39 is 59.6 Å². The predicted molar refractivity (Wildman–Crippen MR) is 80.9 cm³/mol. The van der Waals surface area contributed by atoms with Crippen LogP contribution in [0.2, 0.25) is 0 Å². The summed E-state index contributed by atoms with van der Waals surface area (Å²) < 4.78 is 15.4. The molecule has 0 bridgehead atoms. The highest BCUT2D eigenvalue weighted by atomic mass is 16.8. The number of aliphatic hydroxyl groups is 4. The molecule has 0 radical (unpaired) electrons. The highest BCUT2D eigenvalue weighted by Crippen LogP contribution is 2.42. The zero-order valence-electron chi connectivity index (χ0n) is 14.3. The van der Waals surface area contributed by atoms with Crippen LogP contribution in [0.15, 0.2) is 12.5 Å². The van der Waals surface area contributed by atoms with Crippen LogP contribution in [0, 0.1) is 0 Å². The fourth-order valence-electron chi connectivity index (χ4n) is 2.99. The van der Waals surface area contributed by atoms with Gasteiger partial charge in [0.05, 0.1) is 0 Å². The predicted octanol–water partition coefficient (Wildman–Crippen LogP) is -2.95. The fourth-order valence-corrected chi connectivity index (χ4v) is 2.99. The third-order valence-corrected chi connectivity index (χ3v) is 4.50. The second kappa shape index (κ2) is 7.02. The summed E-state index contributed by atoms with van der Waals surface area (Å²) in [5, 5.41) is 44.8. The topological polar surface area (TPSA) is 172 Å². The van der Waals surface area contributed by atoms with Crippen molar-refractivity contribution in [2.24, 2.45) is 0 Å². The molecule has 146 valence electrons. The Balaban J connectivity index is 2.51. The summed E-state index contributed by atoms with van der Waals surface area (Å²) in [5.74, 6) is -3.30. The van der Waals surface area contributed by atoms with Gasteiger partial charge in [-0.25, -0.2) is 0 Å². The van der Waals surface area contributed by atoms with Gasteiger partial charge in [-0.2, -0.15) is 0 Å². The molecule has 0 aromatic heterocycles. The van der Waals surface area contributed by atoms with E-state index in [9.17, 15) is 34.8 Å². The van der Waals surface area contributed by atoms with Gasteiger partial charge in [-0.1, -0.05) is 0 Å². The Bertz CT molecular complexity index is 628. The first-order valence-corrected chi connectivity index (χ1v) is 7.68. The van der Waals surface area contributed by atoms with Crippen LogP contribution < -0.4 is 5.32 Å². The van der Waals surface area contributed by atoms with Crippen molar-refractivity contribution >= 4 is 17.3 Å². The Labute approximate surface area is 148 Å². The molecule has 5 N–H and O–H groups in total. The molecule has 0 spiro atoms. The number of Topliss-reactive ketones (excluding diaryl/α,β-unsaturated/α-hetero) is 3. The van der Waals surface area contributed by atoms with Gasteiger partial charge in [-0.15, -0.1) is 0 Å². The van der Waals surface area contributed by atoms with Gasteiger partial charge in [-0.05, 0) is 20.8 Å². The third kappa shape index (κ3) is 2.92. The number of carbonyl (C=O) groups is 3. The number of carbonyl (C=O) groups excluding carboxylic acids is 3. The van der Waals surface area contributed by atoms with E-state index in [4.69, 9.17) is 14.2 Å². The van der Waals surface area contributed by atoms with Crippen LogP contribution >= 0.6 is 0 Å². The Morgan fingerprint density at radius 1 is 1.15 bits per heavy atom. The molecule has 2 rings (SSSR count). The molecule has 7 atom stereocenters. The fraction of sp³-hybridized carbons (Fsp3) is 0.667. The molecule has 2 aliphatic rings. The number of ketones is 3. The smallest absolute Gasteiger partial charge is 0.282 e. The van der Waals surface area contributed by atoms with Crippen LogP contribution in [0.4, 0.5) is 0 Å². The van der Waals surface area contributed by atoms with E-state index in [0.717, 1.165) is 20.8 Å². The van der Waals surface area contributed by atoms with Gasteiger partial charge in [-0.3, -0.25) is 19.1 Å². The van der Waals surface area contributed by atoms with Gasteiger partial charge in [0.1, 0.15) is 24.6 Å². The average molecular weight is 375 g/mol. The van der Waals surface area contributed by atoms with Crippen molar-refractivity contribution in [3.05, 3.63) is 12.5 Å². The minimum atomic E-state index is -3.12. The summed E-state index contributed by atoms with van der Waals surface area (Å²) in [5.41, 5.74) is -6.22. The normalized spacial score (nSPS) is 40.4. The van der Waals surface area contributed by atoms with Gasteiger partial charge in [0.15, 0.2) is 34.8 Å². The second-order valence-corrected chi connectivity index (χ2v) is 6.14. The molecule has 0 amide bonds. The molecule has 26 heavy (non-hydrogen) atoms. The highest BCUT2D eigenvalue weighted by molar-refractivity contribution is 5.99. The quantitative estimate of drug-likeness (QED) is 0.321. The second-order valence-electron chi connectivity index (χ2n) is 6.14. The maximum atomic E-state index is 12.1. The molecule has 11 nitrogen and oxygen atoms in total. The molecular formula is C15H21NO10. The molecule has 1 saturated heterocycles. The van der Waals surface area contributed by atoms with Crippen molar-refractivity contribution in [3.63, 3.8) is 0 Å². The zero-order valence-corrected chi connectivity index (χ0v) is 14.3. The minimum absolute atomic E-state index is 0.816. The summed E-state index contributed by atoms with van der Waals surface area (Å²) in [7, 11) is 0. The van der Waals surface area contributed by atoms with Gasteiger partial charge >= 0.3 is 0 Å². The summed E-state index contributed by atoms with van der Waals surface area (Å²) in [6.45, 7) is 2.59. The van der Waals surface area contributed by atoms with E-state index in [0.29, 0.717) is 0 Å². The van der Waals surface area contributed by atoms with Crippen molar-refractivity contribution < 1.29 is 49.0 Å². The highest BCUT2D eigenvalue weighted by Gasteiger charge is 2.72. The lowest BCUT2D eigenvalue weighted by molar-refractivity contribution is -0.369. The molecule has 2 heterocycles. The monoisotopic (exact) mass is 375 g/mol. The van der Waals surface area contributed by atoms with Gasteiger partial charge in [0, 0.05) is 6.20 Å². The van der Waals surface area contributed by atoms with Crippen LogP contribution in [0.25, 0.3) is 0 Å². The number of nitrogens with one attached hydrogen (secondary N) is 1. The van der Waals surface area contributed by atoms with Crippen LogP contribution in [-0.2, 0) is 28.6 Å². The Kier molecular flexibility index (Phi) is 5.52.